The maximum Gasteiger partial charge on any atom is 0.250 e. The molecule has 4 heterocycles. The van der Waals surface area contributed by atoms with Crippen LogP contribution in [0.25, 0.3) is 10.9 Å². The van der Waals surface area contributed by atoms with Gasteiger partial charge in [-0.05, 0) is 49.8 Å². The van der Waals surface area contributed by atoms with Gasteiger partial charge >= 0.3 is 0 Å². The van der Waals surface area contributed by atoms with E-state index in [0.29, 0.717) is 18.4 Å². The summed E-state index contributed by atoms with van der Waals surface area (Å²) < 4.78 is 4.40. The number of quaternary nitrogens is 1. The van der Waals surface area contributed by atoms with E-state index in [4.69, 9.17) is 0 Å². The number of hydrogen-bond donors (Lipinski definition) is 2. The van der Waals surface area contributed by atoms with Crippen molar-refractivity contribution in [1.82, 2.24) is 9.13 Å². The number of nitrogens with one attached hydrogen (secondary N) is 1. The van der Waals surface area contributed by atoms with Gasteiger partial charge in [0.1, 0.15) is 12.6 Å². The fraction of sp³-hybridized carbons (Fsp3) is 0.500. The second-order valence-electron chi connectivity index (χ2n) is 9.97. The maximum absolute atomic E-state index is 12.3. The Hall–Kier alpha value is -2.37. The molecule has 0 radical (unpaired) electrons. The number of hydrogen-bond acceptors (Lipinski definition) is 2. The summed E-state index contributed by atoms with van der Waals surface area (Å²) in [5.41, 5.74) is 5.58. The Bertz CT molecular complexity index is 1180. The first kappa shape index (κ1) is 19.3. The molecule has 2 aliphatic heterocycles. The minimum absolute atomic E-state index is 0.139. The molecule has 2 aromatic heterocycles. The fourth-order valence-electron chi connectivity index (χ4n) is 6.69. The lowest BCUT2D eigenvalue weighted by molar-refractivity contribution is -0.914. The first-order valence-corrected chi connectivity index (χ1v) is 12.0. The molecule has 0 spiro atoms. The number of fused-ring (bicyclic) bond motifs is 7. The van der Waals surface area contributed by atoms with Crippen LogP contribution in [-0.2, 0) is 25.9 Å². The third-order valence-electron chi connectivity index (χ3n) is 7.87. The van der Waals surface area contributed by atoms with Crippen LogP contribution in [0.4, 0.5) is 0 Å². The van der Waals surface area contributed by atoms with Gasteiger partial charge < -0.3 is 19.1 Å². The van der Waals surface area contributed by atoms with Crippen LogP contribution >= 0.6 is 0 Å². The quantitative estimate of drug-likeness (QED) is 0.678. The van der Waals surface area contributed by atoms with Gasteiger partial charge in [-0.25, -0.2) is 0 Å². The summed E-state index contributed by atoms with van der Waals surface area (Å²) in [6.45, 7) is 4.37. The van der Waals surface area contributed by atoms with E-state index < -0.39 is 0 Å². The number of aryl methyl sites for hydroxylation is 1. The molecule has 5 nitrogen and oxygen atoms in total. The number of piperidine rings is 1. The van der Waals surface area contributed by atoms with Gasteiger partial charge in [-0.15, -0.1) is 0 Å². The van der Waals surface area contributed by atoms with Gasteiger partial charge in [0.2, 0.25) is 0 Å². The Morgan fingerprint density at radius 3 is 2.87 bits per heavy atom. The van der Waals surface area contributed by atoms with Crippen molar-refractivity contribution in [3.8, 4) is 0 Å². The highest BCUT2D eigenvalue weighted by Gasteiger charge is 2.37. The summed E-state index contributed by atoms with van der Waals surface area (Å²) in [5.74, 6) is 0.970. The lowest BCUT2D eigenvalue weighted by Crippen LogP contribution is -3.15. The van der Waals surface area contributed by atoms with Crippen LogP contribution in [0.5, 0.6) is 0 Å². The van der Waals surface area contributed by atoms with Crippen molar-refractivity contribution in [1.29, 1.82) is 0 Å². The van der Waals surface area contributed by atoms with Crippen molar-refractivity contribution in [3.63, 3.8) is 0 Å². The molecule has 1 unspecified atom stereocenters. The second-order valence-corrected chi connectivity index (χ2v) is 9.97. The maximum atomic E-state index is 12.3. The molecular weight excluding hydrogens is 386 g/mol. The third kappa shape index (κ3) is 3.35. The van der Waals surface area contributed by atoms with Crippen molar-refractivity contribution >= 4 is 10.9 Å². The van der Waals surface area contributed by atoms with Crippen LogP contribution in [0, 0.1) is 5.92 Å². The van der Waals surface area contributed by atoms with E-state index in [1.807, 2.05) is 10.6 Å². The van der Waals surface area contributed by atoms with Crippen LogP contribution in [0.2, 0.25) is 0 Å². The Labute approximate surface area is 182 Å². The monoisotopic (exact) mass is 418 g/mol. The van der Waals surface area contributed by atoms with Crippen LogP contribution in [0.15, 0.2) is 47.3 Å². The topological polar surface area (TPSA) is 51.6 Å². The van der Waals surface area contributed by atoms with Gasteiger partial charge in [-0.1, -0.05) is 24.3 Å². The Morgan fingerprint density at radius 1 is 1.06 bits per heavy atom. The van der Waals surface area contributed by atoms with Crippen molar-refractivity contribution < 1.29 is 10.0 Å². The largest absolute Gasteiger partial charge is 0.385 e. The molecule has 1 saturated heterocycles. The number of benzene rings is 1. The molecule has 4 atom stereocenters. The second kappa shape index (κ2) is 7.64. The molecule has 2 bridgehead atoms. The van der Waals surface area contributed by atoms with E-state index in [2.05, 4.69) is 34.9 Å². The average molecular weight is 419 g/mol. The molecule has 2 N–H and O–H groups in total. The minimum atomic E-state index is -0.353. The summed E-state index contributed by atoms with van der Waals surface area (Å²) in [4.78, 5) is 13.8. The summed E-state index contributed by atoms with van der Waals surface area (Å²) >= 11 is 0. The zero-order chi connectivity index (χ0) is 20.9. The first-order valence-electron chi connectivity index (χ1n) is 12.0. The Kier molecular flexibility index (Phi) is 4.77. The number of rotatable bonds is 4. The molecule has 6 rings (SSSR count). The van der Waals surface area contributed by atoms with Crippen molar-refractivity contribution in [2.45, 2.75) is 57.2 Å². The van der Waals surface area contributed by atoms with Crippen LogP contribution in [0.3, 0.4) is 0 Å². The lowest BCUT2D eigenvalue weighted by Gasteiger charge is -2.40. The smallest absolute Gasteiger partial charge is 0.250 e. The molecular formula is C26H32N3O2+. The highest BCUT2D eigenvalue weighted by atomic mass is 16.3. The number of aliphatic hydroxyl groups is 1. The average Bonchev–Trinajstić information content (AvgIpc) is 3.08. The summed E-state index contributed by atoms with van der Waals surface area (Å²) in [7, 11) is 0. The van der Waals surface area contributed by atoms with Gasteiger partial charge in [-0.3, -0.25) is 4.79 Å². The Morgan fingerprint density at radius 2 is 1.94 bits per heavy atom. The molecule has 5 heteroatoms. The number of aliphatic hydroxyl groups excluding tert-OH is 1. The van der Waals surface area contributed by atoms with Crippen molar-refractivity contribution in [2.75, 3.05) is 19.6 Å². The highest BCUT2D eigenvalue weighted by molar-refractivity contribution is 5.85. The molecule has 1 fully saturated rings. The zero-order valence-corrected chi connectivity index (χ0v) is 18.1. The molecule has 1 aromatic carbocycles. The molecule has 1 aliphatic carbocycles. The van der Waals surface area contributed by atoms with E-state index >= 15 is 0 Å². The molecule has 3 aromatic rings. The normalized spacial score (nSPS) is 25.8. The predicted octanol–water partition coefficient (Wildman–Crippen LogP) is 1.74. The van der Waals surface area contributed by atoms with Gasteiger partial charge in [0.15, 0.2) is 0 Å². The fourth-order valence-corrected chi connectivity index (χ4v) is 6.69. The molecule has 3 aliphatic rings. The van der Waals surface area contributed by atoms with Crippen molar-refractivity contribution in [3.05, 3.63) is 69.8 Å². The number of pyridine rings is 1. The van der Waals surface area contributed by atoms with Gasteiger partial charge in [-0.2, -0.15) is 0 Å². The molecule has 0 amide bonds. The van der Waals surface area contributed by atoms with E-state index in [-0.39, 0.29) is 11.7 Å². The summed E-state index contributed by atoms with van der Waals surface area (Å²) in [6, 6.07) is 14.4. The molecule has 0 saturated carbocycles. The van der Waals surface area contributed by atoms with E-state index in [0.717, 1.165) is 32.6 Å². The molecule has 31 heavy (non-hydrogen) atoms. The van der Waals surface area contributed by atoms with Gasteiger partial charge in [0.05, 0.1) is 19.6 Å². The summed E-state index contributed by atoms with van der Waals surface area (Å²) in [5, 5.41) is 12.5. The van der Waals surface area contributed by atoms with Gasteiger partial charge in [0.25, 0.3) is 5.56 Å². The summed E-state index contributed by atoms with van der Waals surface area (Å²) in [6.07, 6.45) is 5.64. The minimum Gasteiger partial charge on any atom is -0.385 e. The van der Waals surface area contributed by atoms with Crippen LogP contribution < -0.4 is 10.5 Å². The Balaban J connectivity index is 1.21. The predicted molar refractivity (Wildman–Crippen MR) is 122 cm³/mol. The number of nitrogens with zero attached hydrogens (tertiary/aromatic N) is 2. The van der Waals surface area contributed by atoms with Gasteiger partial charge in [0, 0.05) is 46.7 Å². The first-order chi connectivity index (χ1) is 15.2. The number of para-hydroxylation sites is 1. The number of likely N-dealkylation sites (tertiary alicyclic amines) is 1. The van der Waals surface area contributed by atoms with Crippen molar-refractivity contribution in [2.24, 2.45) is 5.92 Å². The highest BCUT2D eigenvalue weighted by Crippen LogP contribution is 2.33. The SMILES string of the molecule is O=c1cccc2n1C[C@H]1C[C@@H]2C[NH+](C[C@H](O)Cn2c3c(c4ccccc42)CCCC3)C1. The zero-order valence-electron chi connectivity index (χ0n) is 18.1. The van der Waals surface area contributed by atoms with Crippen LogP contribution in [-0.4, -0.2) is 40.0 Å². The number of aromatic nitrogens is 2. The molecule has 162 valence electrons. The van der Waals surface area contributed by atoms with E-state index in [1.54, 1.807) is 6.07 Å². The van der Waals surface area contributed by atoms with E-state index in [9.17, 15) is 9.90 Å². The van der Waals surface area contributed by atoms with Crippen LogP contribution in [0.1, 0.15) is 42.1 Å². The van der Waals surface area contributed by atoms with E-state index in [1.165, 1.54) is 58.4 Å². The third-order valence-corrected chi connectivity index (χ3v) is 7.87. The standard InChI is InChI=1S/C26H31N3O2/c30-20(17-28-24-8-3-1-6-21(24)22-7-2-4-9-25(22)28)16-27-13-18-12-19(15-27)23-10-5-11-26(31)29(23)14-18/h1,3,5-6,8,10-11,18-20,30H,2,4,7,9,12-17H2/p+1/t18-,19+,20-/m0/s1. The lowest BCUT2D eigenvalue weighted by atomic mass is 9.83.